The highest BCUT2D eigenvalue weighted by molar-refractivity contribution is 6.60. The van der Waals surface area contributed by atoms with Gasteiger partial charge in [-0.1, -0.05) is 18.2 Å². The van der Waals surface area contributed by atoms with Crippen molar-refractivity contribution in [1.29, 1.82) is 0 Å². The predicted octanol–water partition coefficient (Wildman–Crippen LogP) is 1.33. The van der Waals surface area contributed by atoms with Crippen molar-refractivity contribution in [3.05, 3.63) is 60.1 Å². The van der Waals surface area contributed by atoms with E-state index in [9.17, 15) is 10.0 Å². The summed E-state index contributed by atoms with van der Waals surface area (Å²) < 4.78 is 12.7. The highest BCUT2D eigenvalue weighted by Crippen LogP contribution is 2.32. The number of anilines is 1. The summed E-state index contributed by atoms with van der Waals surface area (Å²) in [5, 5.41) is 24.5. The Bertz CT molecular complexity index is 1220. The van der Waals surface area contributed by atoms with Crippen LogP contribution in [0.1, 0.15) is 11.1 Å². The molecule has 3 aromatic rings. The summed E-state index contributed by atoms with van der Waals surface area (Å²) in [5.74, 6) is 0.356. The third kappa shape index (κ3) is 4.70. The lowest BCUT2D eigenvalue weighted by atomic mass is 9.77. The Morgan fingerprint density at radius 2 is 2.03 bits per heavy atom. The maximum absolute atomic E-state index is 9.97. The molecule has 0 spiro atoms. The highest BCUT2D eigenvalue weighted by atomic mass is 16.5. The summed E-state index contributed by atoms with van der Waals surface area (Å²) in [6.07, 6.45) is 5.28. The van der Waals surface area contributed by atoms with Gasteiger partial charge in [0.05, 0.1) is 49.8 Å². The number of aromatic nitrogens is 2. The van der Waals surface area contributed by atoms with E-state index in [2.05, 4.69) is 21.7 Å². The molecule has 0 radical (unpaired) electrons. The van der Waals surface area contributed by atoms with Crippen molar-refractivity contribution in [1.82, 2.24) is 9.78 Å². The molecule has 4 rings (SSSR count). The zero-order valence-electron chi connectivity index (χ0n) is 19.3. The molecule has 1 saturated heterocycles. The number of ether oxygens (including phenoxy) is 2. The smallest absolute Gasteiger partial charge is 0.492 e. The number of rotatable bonds is 7. The molecular weight excluding hydrogens is 433 g/mol. The molecule has 1 aliphatic heterocycles. The molecule has 9 nitrogen and oxygen atoms in total. The van der Waals surface area contributed by atoms with E-state index in [4.69, 9.17) is 15.2 Å². The maximum atomic E-state index is 9.97. The zero-order valence-corrected chi connectivity index (χ0v) is 19.3. The molecule has 34 heavy (non-hydrogen) atoms. The number of morpholine rings is 1. The Labute approximate surface area is 198 Å². The van der Waals surface area contributed by atoms with Gasteiger partial charge < -0.3 is 30.2 Å². The van der Waals surface area contributed by atoms with Gasteiger partial charge >= 0.3 is 7.12 Å². The fourth-order valence-electron chi connectivity index (χ4n) is 4.14. The predicted molar refractivity (Wildman–Crippen MR) is 135 cm³/mol. The number of aliphatic imine (C=N–C) groups is 1. The van der Waals surface area contributed by atoms with Gasteiger partial charge in [0.15, 0.2) is 0 Å². The van der Waals surface area contributed by atoms with Crippen LogP contribution in [-0.2, 0) is 4.74 Å². The average Bonchev–Trinajstić information content (AvgIpc) is 3.34. The first-order valence-electron chi connectivity index (χ1n) is 10.9. The van der Waals surface area contributed by atoms with Gasteiger partial charge in [-0.3, -0.25) is 4.99 Å². The Hall–Kier alpha value is -3.60. The first-order valence-corrected chi connectivity index (χ1v) is 10.9. The molecule has 0 unspecified atom stereocenters. The van der Waals surface area contributed by atoms with Crippen molar-refractivity contribution >= 4 is 30.7 Å². The van der Waals surface area contributed by atoms with Crippen LogP contribution >= 0.6 is 0 Å². The molecule has 2 heterocycles. The van der Waals surface area contributed by atoms with E-state index in [1.165, 1.54) is 13.3 Å². The van der Waals surface area contributed by atoms with Crippen LogP contribution in [0.2, 0.25) is 0 Å². The fourth-order valence-corrected chi connectivity index (χ4v) is 4.14. The second-order valence-electron chi connectivity index (χ2n) is 8.02. The Morgan fingerprint density at radius 1 is 1.26 bits per heavy atom. The number of nitrogens with two attached hydrogens (primary N) is 1. The molecule has 1 aliphatic rings. The molecule has 0 bridgehead atoms. The summed E-state index contributed by atoms with van der Waals surface area (Å²) in [5.41, 5.74) is 12.0. The summed E-state index contributed by atoms with van der Waals surface area (Å²) in [4.78, 5) is 5.97. The van der Waals surface area contributed by atoms with Gasteiger partial charge in [-0.05, 0) is 30.8 Å². The monoisotopic (exact) mass is 461 g/mol. The number of hydrogen-bond donors (Lipinski definition) is 3. The number of hydrogen-bond acceptors (Lipinski definition) is 8. The lowest BCUT2D eigenvalue weighted by Crippen LogP contribution is -2.35. The Morgan fingerprint density at radius 3 is 2.68 bits per heavy atom. The number of methoxy groups -OCH3 is 1. The second-order valence-corrected chi connectivity index (χ2v) is 8.02. The molecule has 4 N–H and O–H groups in total. The summed E-state index contributed by atoms with van der Waals surface area (Å²) in [6, 6.07) is 9.31. The van der Waals surface area contributed by atoms with Crippen LogP contribution < -0.4 is 20.8 Å². The Balaban J connectivity index is 1.84. The van der Waals surface area contributed by atoms with Gasteiger partial charge in [-0.25, -0.2) is 4.68 Å². The summed E-state index contributed by atoms with van der Waals surface area (Å²) in [6.45, 7) is 8.37. The normalized spacial score (nSPS) is 14.2. The first-order chi connectivity index (χ1) is 16.4. The van der Waals surface area contributed by atoms with Crippen LogP contribution in [0.5, 0.6) is 5.75 Å². The van der Waals surface area contributed by atoms with Crippen molar-refractivity contribution in [2.24, 2.45) is 10.7 Å². The minimum Gasteiger partial charge on any atom is -0.497 e. The van der Waals surface area contributed by atoms with E-state index < -0.39 is 7.12 Å². The number of nitrogens with zero attached hydrogens (tertiary/aromatic N) is 4. The molecule has 1 aromatic heterocycles. The van der Waals surface area contributed by atoms with Crippen LogP contribution in [0.25, 0.3) is 22.5 Å². The molecule has 0 atom stereocenters. The third-order valence-electron chi connectivity index (χ3n) is 5.90. The van der Waals surface area contributed by atoms with E-state index in [1.54, 1.807) is 16.8 Å². The average molecular weight is 461 g/mol. The van der Waals surface area contributed by atoms with E-state index in [0.29, 0.717) is 24.7 Å². The summed E-state index contributed by atoms with van der Waals surface area (Å²) in [7, 11) is -0.198. The van der Waals surface area contributed by atoms with Gasteiger partial charge in [-0.2, -0.15) is 5.10 Å². The largest absolute Gasteiger partial charge is 0.497 e. The second kappa shape index (κ2) is 10.1. The van der Waals surface area contributed by atoms with Crippen molar-refractivity contribution in [3.8, 4) is 22.6 Å². The minimum atomic E-state index is -1.69. The lowest BCUT2D eigenvalue weighted by Gasteiger charge is -2.27. The van der Waals surface area contributed by atoms with E-state index in [-0.39, 0.29) is 5.46 Å². The van der Waals surface area contributed by atoms with Crippen LogP contribution in [-0.4, -0.2) is 67.1 Å². The van der Waals surface area contributed by atoms with Crippen LogP contribution in [0.4, 0.5) is 5.69 Å². The molecule has 10 heteroatoms. The molecule has 176 valence electrons. The molecule has 0 amide bonds. The summed E-state index contributed by atoms with van der Waals surface area (Å²) >= 11 is 0. The standard InChI is InChI=1S/C24H28BN5O4/c1-16-10-17(4-5-19(16)22(26)14-27-2)20-11-21(25(31)32)24(33-3)12-23(20)30-15-18(13-28-30)29-6-8-34-9-7-29/h4-5,10-15,31-32H,2,6-9,26H2,1,3H3/b22-14+. The molecular formula is C24H28BN5O4. The molecule has 0 aliphatic carbocycles. The third-order valence-corrected chi connectivity index (χ3v) is 5.90. The van der Waals surface area contributed by atoms with Crippen molar-refractivity contribution < 1.29 is 19.5 Å². The SMILES string of the molecule is C=N/C=C(/N)c1ccc(-c2cc(B(O)O)c(OC)cc2-n2cc(N3CCOCC3)cn2)cc1C. The number of aryl methyl sites for hydroxylation is 1. The van der Waals surface area contributed by atoms with Gasteiger partial charge in [0.1, 0.15) is 5.75 Å². The topological polar surface area (TPSA) is 118 Å². The van der Waals surface area contributed by atoms with Crippen LogP contribution in [0, 0.1) is 6.92 Å². The van der Waals surface area contributed by atoms with Crippen molar-refractivity contribution in [2.75, 3.05) is 38.3 Å². The fraction of sp³-hybridized carbons (Fsp3) is 0.250. The highest BCUT2D eigenvalue weighted by Gasteiger charge is 2.23. The molecule has 1 fully saturated rings. The first kappa shape index (κ1) is 23.6. The lowest BCUT2D eigenvalue weighted by molar-refractivity contribution is 0.122. The van der Waals surface area contributed by atoms with E-state index in [1.807, 2.05) is 37.5 Å². The van der Waals surface area contributed by atoms with Crippen molar-refractivity contribution in [2.45, 2.75) is 6.92 Å². The quantitative estimate of drug-likeness (QED) is 0.359. The van der Waals surface area contributed by atoms with Crippen molar-refractivity contribution in [3.63, 3.8) is 0 Å². The van der Waals surface area contributed by atoms with Gasteiger partial charge in [0.2, 0.25) is 0 Å². The Kier molecular flexibility index (Phi) is 7.02. The molecule has 2 aromatic carbocycles. The van der Waals surface area contributed by atoms with E-state index in [0.717, 1.165) is 46.7 Å². The van der Waals surface area contributed by atoms with Gasteiger partial charge in [0.25, 0.3) is 0 Å². The van der Waals surface area contributed by atoms with Crippen LogP contribution in [0.3, 0.4) is 0 Å². The van der Waals surface area contributed by atoms with Gasteiger partial charge in [-0.15, -0.1) is 0 Å². The van der Waals surface area contributed by atoms with E-state index >= 15 is 0 Å². The van der Waals surface area contributed by atoms with Crippen LogP contribution in [0.15, 0.2) is 53.9 Å². The van der Waals surface area contributed by atoms with Gasteiger partial charge in [0, 0.05) is 41.9 Å². The maximum Gasteiger partial charge on any atom is 0.492 e. The molecule has 0 saturated carbocycles. The zero-order chi connectivity index (χ0) is 24.2. The minimum absolute atomic E-state index is 0.263. The number of benzene rings is 2.